The van der Waals surface area contributed by atoms with E-state index < -0.39 is 6.03 Å². The minimum Gasteiger partial charge on any atom is -0.468 e. The maximum absolute atomic E-state index is 11.9. The molecule has 0 fully saturated rings. The Morgan fingerprint density at radius 3 is 2.68 bits per heavy atom. The standard InChI is InChI=1S/C15H19N3O3S/c1-11-5-6-13(22-11)9-18(8-12-4-3-7-21-12)10-14(19)17-15(20)16-2/h3-7H,8-10H2,1-2H3,(H2,16,17,19,20). The summed E-state index contributed by atoms with van der Waals surface area (Å²) in [5.74, 6) is 0.431. The van der Waals surface area contributed by atoms with E-state index in [0.29, 0.717) is 13.1 Å². The predicted octanol–water partition coefficient (Wildman–Crippen LogP) is 2.11. The van der Waals surface area contributed by atoms with Crippen LogP contribution in [0.1, 0.15) is 15.5 Å². The molecule has 0 unspecified atom stereocenters. The lowest BCUT2D eigenvalue weighted by atomic mass is 10.3. The van der Waals surface area contributed by atoms with E-state index in [4.69, 9.17) is 4.42 Å². The van der Waals surface area contributed by atoms with Crippen molar-refractivity contribution < 1.29 is 14.0 Å². The Morgan fingerprint density at radius 1 is 1.27 bits per heavy atom. The molecule has 22 heavy (non-hydrogen) atoms. The average Bonchev–Trinajstić information content (AvgIpc) is 3.10. The number of nitrogens with zero attached hydrogens (tertiary/aromatic N) is 1. The number of hydrogen-bond donors (Lipinski definition) is 2. The highest BCUT2D eigenvalue weighted by Crippen LogP contribution is 2.18. The first kappa shape index (κ1) is 16.3. The summed E-state index contributed by atoms with van der Waals surface area (Å²) in [5.41, 5.74) is 0. The molecule has 3 amide bonds. The first-order chi connectivity index (χ1) is 10.6. The minimum absolute atomic E-state index is 0.116. The number of urea groups is 1. The molecule has 6 nitrogen and oxygen atoms in total. The SMILES string of the molecule is CNC(=O)NC(=O)CN(Cc1ccco1)Cc1ccc(C)s1. The van der Waals surface area contributed by atoms with Crippen LogP contribution in [0.25, 0.3) is 0 Å². The van der Waals surface area contributed by atoms with E-state index in [1.165, 1.54) is 11.9 Å². The van der Waals surface area contributed by atoms with Gasteiger partial charge in [-0.25, -0.2) is 4.79 Å². The molecule has 2 heterocycles. The smallest absolute Gasteiger partial charge is 0.321 e. The number of aryl methyl sites for hydroxylation is 1. The van der Waals surface area contributed by atoms with Gasteiger partial charge in [0.2, 0.25) is 5.91 Å². The zero-order valence-corrected chi connectivity index (χ0v) is 13.4. The molecule has 2 N–H and O–H groups in total. The van der Waals surface area contributed by atoms with E-state index in [1.807, 2.05) is 30.0 Å². The number of carbonyl (C=O) groups excluding carboxylic acids is 2. The zero-order valence-electron chi connectivity index (χ0n) is 12.6. The molecule has 0 radical (unpaired) electrons. The van der Waals surface area contributed by atoms with E-state index >= 15 is 0 Å². The summed E-state index contributed by atoms with van der Waals surface area (Å²) in [6.45, 7) is 3.29. The van der Waals surface area contributed by atoms with Crippen molar-refractivity contribution in [2.75, 3.05) is 13.6 Å². The normalized spacial score (nSPS) is 10.7. The minimum atomic E-state index is -0.505. The molecule has 0 saturated heterocycles. The monoisotopic (exact) mass is 321 g/mol. The van der Waals surface area contributed by atoms with Gasteiger partial charge in [-0.2, -0.15) is 0 Å². The van der Waals surface area contributed by atoms with Crippen LogP contribution in [0, 0.1) is 6.92 Å². The molecular formula is C15H19N3O3S. The summed E-state index contributed by atoms with van der Waals surface area (Å²) in [6, 6.07) is 7.27. The van der Waals surface area contributed by atoms with E-state index in [1.54, 1.807) is 17.6 Å². The Bertz CT molecular complexity index is 622. The summed E-state index contributed by atoms with van der Waals surface area (Å²) in [6.07, 6.45) is 1.60. The van der Waals surface area contributed by atoms with Crippen molar-refractivity contribution in [1.82, 2.24) is 15.5 Å². The number of rotatable bonds is 6. The molecule has 118 valence electrons. The van der Waals surface area contributed by atoms with Gasteiger partial charge in [-0.15, -0.1) is 11.3 Å². The summed E-state index contributed by atoms with van der Waals surface area (Å²) >= 11 is 1.69. The summed E-state index contributed by atoms with van der Waals surface area (Å²) < 4.78 is 5.34. The first-order valence-electron chi connectivity index (χ1n) is 6.88. The fraction of sp³-hybridized carbons (Fsp3) is 0.333. The van der Waals surface area contributed by atoms with E-state index in [2.05, 4.69) is 16.7 Å². The molecule has 0 saturated carbocycles. The first-order valence-corrected chi connectivity index (χ1v) is 7.70. The molecule has 0 aliphatic rings. The van der Waals surface area contributed by atoms with Crippen molar-refractivity contribution >= 4 is 23.3 Å². The lowest BCUT2D eigenvalue weighted by molar-refractivity contribution is -0.121. The number of amides is 3. The molecule has 0 bridgehead atoms. The van der Waals surface area contributed by atoms with Crippen LogP contribution in [-0.4, -0.2) is 30.4 Å². The van der Waals surface area contributed by atoms with Crippen LogP contribution in [0.2, 0.25) is 0 Å². The van der Waals surface area contributed by atoms with E-state index in [9.17, 15) is 9.59 Å². The van der Waals surface area contributed by atoms with Crippen molar-refractivity contribution in [3.63, 3.8) is 0 Å². The average molecular weight is 321 g/mol. The largest absolute Gasteiger partial charge is 0.468 e. The third-order valence-electron chi connectivity index (χ3n) is 2.98. The second-order valence-electron chi connectivity index (χ2n) is 4.86. The van der Waals surface area contributed by atoms with Crippen molar-refractivity contribution in [3.05, 3.63) is 46.0 Å². The fourth-order valence-corrected chi connectivity index (χ4v) is 2.95. The molecule has 0 aliphatic heterocycles. The highest BCUT2D eigenvalue weighted by Gasteiger charge is 2.15. The second-order valence-corrected chi connectivity index (χ2v) is 6.24. The van der Waals surface area contributed by atoms with Gasteiger partial charge in [-0.1, -0.05) is 0 Å². The third-order valence-corrected chi connectivity index (χ3v) is 3.97. The van der Waals surface area contributed by atoms with Gasteiger partial charge in [0.25, 0.3) is 0 Å². The lowest BCUT2D eigenvalue weighted by Crippen LogP contribution is -2.43. The maximum atomic E-state index is 11.9. The number of furan rings is 1. The Labute approximate surface area is 133 Å². The number of hydrogen-bond acceptors (Lipinski definition) is 5. The number of nitrogens with one attached hydrogen (secondary N) is 2. The third kappa shape index (κ3) is 5.01. The van der Waals surface area contributed by atoms with Gasteiger partial charge in [-0.3, -0.25) is 15.0 Å². The number of thiophene rings is 1. The van der Waals surface area contributed by atoms with Crippen LogP contribution in [0.5, 0.6) is 0 Å². The highest BCUT2D eigenvalue weighted by molar-refractivity contribution is 7.11. The molecule has 2 aromatic heterocycles. The summed E-state index contributed by atoms with van der Waals surface area (Å²) in [5, 5.41) is 4.63. The van der Waals surface area contributed by atoms with Crippen LogP contribution in [0.3, 0.4) is 0 Å². The predicted molar refractivity (Wildman–Crippen MR) is 84.5 cm³/mol. The lowest BCUT2D eigenvalue weighted by Gasteiger charge is -2.19. The van der Waals surface area contributed by atoms with Crippen LogP contribution >= 0.6 is 11.3 Å². The Kier molecular flexibility index (Phi) is 5.74. The van der Waals surface area contributed by atoms with Gasteiger partial charge in [0.05, 0.1) is 19.4 Å². The van der Waals surface area contributed by atoms with Gasteiger partial charge < -0.3 is 9.73 Å². The summed E-state index contributed by atoms with van der Waals surface area (Å²) in [4.78, 5) is 27.4. The van der Waals surface area contributed by atoms with E-state index in [-0.39, 0.29) is 12.5 Å². The maximum Gasteiger partial charge on any atom is 0.321 e. The highest BCUT2D eigenvalue weighted by atomic mass is 32.1. The Hall–Kier alpha value is -2.12. The van der Waals surface area contributed by atoms with Crippen LogP contribution in [0.4, 0.5) is 4.79 Å². The Balaban J connectivity index is 2.00. The van der Waals surface area contributed by atoms with Crippen LogP contribution in [-0.2, 0) is 17.9 Å². The molecule has 2 rings (SSSR count). The second kappa shape index (κ2) is 7.77. The molecular weight excluding hydrogens is 302 g/mol. The zero-order chi connectivity index (χ0) is 15.9. The quantitative estimate of drug-likeness (QED) is 0.854. The molecule has 0 spiro atoms. The molecule has 0 aliphatic carbocycles. The van der Waals surface area contributed by atoms with Crippen molar-refractivity contribution in [1.29, 1.82) is 0 Å². The van der Waals surface area contributed by atoms with Gasteiger partial charge >= 0.3 is 6.03 Å². The Morgan fingerprint density at radius 2 is 2.09 bits per heavy atom. The molecule has 0 atom stereocenters. The van der Waals surface area contributed by atoms with Crippen molar-refractivity contribution in [2.24, 2.45) is 0 Å². The molecule has 2 aromatic rings. The van der Waals surface area contributed by atoms with Crippen molar-refractivity contribution in [2.45, 2.75) is 20.0 Å². The number of carbonyl (C=O) groups is 2. The molecule has 7 heteroatoms. The van der Waals surface area contributed by atoms with Crippen molar-refractivity contribution in [3.8, 4) is 0 Å². The van der Waals surface area contributed by atoms with Gasteiger partial charge in [0, 0.05) is 23.3 Å². The fourth-order valence-electron chi connectivity index (χ4n) is 2.01. The van der Waals surface area contributed by atoms with Gasteiger partial charge in [-0.05, 0) is 31.2 Å². The van der Waals surface area contributed by atoms with Gasteiger partial charge in [0.1, 0.15) is 5.76 Å². The number of imide groups is 1. The summed E-state index contributed by atoms with van der Waals surface area (Å²) in [7, 11) is 1.47. The topological polar surface area (TPSA) is 74.6 Å². The van der Waals surface area contributed by atoms with E-state index in [0.717, 1.165) is 10.6 Å². The van der Waals surface area contributed by atoms with Crippen LogP contribution < -0.4 is 10.6 Å². The van der Waals surface area contributed by atoms with Gasteiger partial charge in [0.15, 0.2) is 0 Å². The molecule has 0 aromatic carbocycles. The van der Waals surface area contributed by atoms with Crippen LogP contribution in [0.15, 0.2) is 34.9 Å².